The molecule has 0 radical (unpaired) electrons. The number of para-hydroxylation sites is 1. The number of nitrogens with zero attached hydrogens (tertiary/aromatic N) is 2. The molecule has 0 fully saturated rings. The highest BCUT2D eigenvalue weighted by Crippen LogP contribution is 2.19. The average Bonchev–Trinajstić information content (AvgIpc) is 2.45. The third-order valence-electron chi connectivity index (χ3n) is 3.02. The summed E-state index contributed by atoms with van der Waals surface area (Å²) >= 11 is 0. The lowest BCUT2D eigenvalue weighted by Crippen LogP contribution is -2.34. The highest BCUT2D eigenvalue weighted by atomic mass is 16.5. The van der Waals surface area contributed by atoms with Crippen molar-refractivity contribution in [2.75, 3.05) is 26.2 Å². The van der Waals surface area contributed by atoms with Gasteiger partial charge in [0, 0.05) is 19.5 Å². The number of carbonyl (C=O) groups is 1. The number of hydrogen-bond acceptors (Lipinski definition) is 4. The lowest BCUT2D eigenvalue weighted by atomic mass is 10.1. The topological polar surface area (TPSA) is 53.3 Å². The van der Waals surface area contributed by atoms with Gasteiger partial charge in [-0.1, -0.05) is 26.0 Å². The molecule has 1 aromatic carbocycles. The maximum absolute atomic E-state index is 12.5. The van der Waals surface area contributed by atoms with Crippen LogP contribution >= 0.6 is 0 Å². The van der Waals surface area contributed by atoms with E-state index in [0.717, 1.165) is 6.54 Å². The summed E-state index contributed by atoms with van der Waals surface area (Å²) in [6.07, 6.45) is 0.438. The first kappa shape index (κ1) is 17.2. The lowest BCUT2D eigenvalue weighted by Gasteiger charge is -2.22. The second-order valence-electron chi connectivity index (χ2n) is 5.39. The molecular formula is C17H24N2O2. The fraction of sp³-hybridized carbons (Fsp3) is 0.529. The van der Waals surface area contributed by atoms with Crippen molar-refractivity contribution in [3.05, 3.63) is 29.8 Å². The van der Waals surface area contributed by atoms with Gasteiger partial charge >= 0.3 is 0 Å². The van der Waals surface area contributed by atoms with Crippen molar-refractivity contribution in [3.63, 3.8) is 0 Å². The lowest BCUT2D eigenvalue weighted by molar-refractivity contribution is 0.0920. The summed E-state index contributed by atoms with van der Waals surface area (Å²) in [5.74, 6) is 1.13. The SMILES string of the molecule is CCOc1ccccc1C(=O)CN(CCC#N)CC(C)C. The second kappa shape index (κ2) is 9.15. The Morgan fingerprint density at radius 3 is 2.71 bits per heavy atom. The molecule has 114 valence electrons. The van der Waals surface area contributed by atoms with Gasteiger partial charge in [0.05, 0.1) is 24.8 Å². The van der Waals surface area contributed by atoms with E-state index in [1.54, 1.807) is 6.07 Å². The van der Waals surface area contributed by atoms with Gasteiger partial charge in [0.1, 0.15) is 5.75 Å². The Balaban J connectivity index is 2.79. The van der Waals surface area contributed by atoms with Crippen LogP contribution in [0.3, 0.4) is 0 Å². The highest BCUT2D eigenvalue weighted by molar-refractivity contribution is 6.00. The number of nitriles is 1. The number of ketones is 1. The minimum atomic E-state index is 0.0395. The molecule has 0 spiro atoms. The van der Waals surface area contributed by atoms with E-state index in [0.29, 0.717) is 43.3 Å². The Kier molecular flexibility index (Phi) is 7.49. The summed E-state index contributed by atoms with van der Waals surface area (Å²) in [6.45, 7) is 8.41. The van der Waals surface area contributed by atoms with Gasteiger partial charge < -0.3 is 4.74 Å². The van der Waals surface area contributed by atoms with E-state index in [9.17, 15) is 4.79 Å². The van der Waals surface area contributed by atoms with Crippen LogP contribution < -0.4 is 4.74 Å². The van der Waals surface area contributed by atoms with Gasteiger partial charge in [-0.2, -0.15) is 5.26 Å². The first-order chi connectivity index (χ1) is 10.1. The molecule has 0 N–H and O–H groups in total. The smallest absolute Gasteiger partial charge is 0.180 e. The minimum Gasteiger partial charge on any atom is -0.493 e. The normalized spacial score (nSPS) is 10.7. The predicted molar refractivity (Wildman–Crippen MR) is 83.4 cm³/mol. The van der Waals surface area contributed by atoms with E-state index < -0.39 is 0 Å². The number of carbonyl (C=O) groups excluding carboxylic acids is 1. The van der Waals surface area contributed by atoms with Crippen molar-refractivity contribution in [2.24, 2.45) is 5.92 Å². The predicted octanol–water partition coefficient (Wildman–Crippen LogP) is 3.14. The number of ether oxygens (including phenoxy) is 1. The monoisotopic (exact) mass is 288 g/mol. The fourth-order valence-electron chi connectivity index (χ4n) is 2.23. The summed E-state index contributed by atoms with van der Waals surface area (Å²) in [5.41, 5.74) is 0.616. The van der Waals surface area contributed by atoms with Gasteiger partial charge in [0.2, 0.25) is 0 Å². The molecule has 0 aromatic heterocycles. The van der Waals surface area contributed by atoms with E-state index >= 15 is 0 Å². The Morgan fingerprint density at radius 1 is 1.38 bits per heavy atom. The average molecular weight is 288 g/mol. The zero-order valence-corrected chi connectivity index (χ0v) is 13.1. The Hall–Kier alpha value is -1.86. The number of rotatable bonds is 9. The summed E-state index contributed by atoms with van der Waals surface area (Å²) in [6, 6.07) is 9.46. The second-order valence-corrected chi connectivity index (χ2v) is 5.39. The highest BCUT2D eigenvalue weighted by Gasteiger charge is 2.16. The van der Waals surface area contributed by atoms with Crippen LogP contribution in [0, 0.1) is 17.2 Å². The van der Waals surface area contributed by atoms with E-state index in [1.807, 2.05) is 30.0 Å². The molecule has 0 amide bonds. The van der Waals surface area contributed by atoms with Crippen LogP contribution in [0.15, 0.2) is 24.3 Å². The third-order valence-corrected chi connectivity index (χ3v) is 3.02. The maximum Gasteiger partial charge on any atom is 0.180 e. The summed E-state index contributed by atoms with van der Waals surface area (Å²) < 4.78 is 5.51. The molecule has 0 bridgehead atoms. The Morgan fingerprint density at radius 2 is 2.10 bits per heavy atom. The molecule has 0 aliphatic heterocycles. The van der Waals surface area contributed by atoms with Gasteiger partial charge in [0.25, 0.3) is 0 Å². The Labute approximate surface area is 127 Å². The zero-order chi connectivity index (χ0) is 15.7. The summed E-state index contributed by atoms with van der Waals surface area (Å²) in [5, 5.41) is 8.73. The van der Waals surface area contributed by atoms with E-state index in [4.69, 9.17) is 10.00 Å². The third kappa shape index (κ3) is 5.97. The van der Waals surface area contributed by atoms with E-state index in [-0.39, 0.29) is 5.78 Å². The molecule has 21 heavy (non-hydrogen) atoms. The van der Waals surface area contributed by atoms with Crippen molar-refractivity contribution in [1.29, 1.82) is 5.26 Å². The largest absolute Gasteiger partial charge is 0.493 e. The quantitative estimate of drug-likeness (QED) is 0.655. The standard InChI is InChI=1S/C17H24N2O2/c1-4-21-17-9-6-5-8-15(17)16(20)13-19(11-7-10-18)12-14(2)3/h5-6,8-9,14H,4,7,11-13H2,1-3H3. The molecule has 0 aliphatic carbocycles. The van der Waals surface area contributed by atoms with Crippen LogP contribution in [0.2, 0.25) is 0 Å². The van der Waals surface area contributed by atoms with Crippen LogP contribution in [0.25, 0.3) is 0 Å². The number of hydrogen-bond donors (Lipinski definition) is 0. The van der Waals surface area contributed by atoms with Crippen LogP contribution in [-0.2, 0) is 0 Å². The van der Waals surface area contributed by atoms with Crippen molar-refractivity contribution >= 4 is 5.78 Å². The molecule has 4 heteroatoms. The van der Waals surface area contributed by atoms with Crippen molar-refractivity contribution in [1.82, 2.24) is 4.90 Å². The van der Waals surface area contributed by atoms with Crippen molar-refractivity contribution < 1.29 is 9.53 Å². The molecule has 0 saturated carbocycles. The van der Waals surface area contributed by atoms with Crippen LogP contribution in [-0.4, -0.2) is 36.9 Å². The van der Waals surface area contributed by atoms with Crippen LogP contribution in [0.5, 0.6) is 5.75 Å². The van der Waals surface area contributed by atoms with Crippen molar-refractivity contribution in [2.45, 2.75) is 27.2 Å². The van der Waals surface area contributed by atoms with Crippen LogP contribution in [0.1, 0.15) is 37.6 Å². The van der Waals surface area contributed by atoms with Gasteiger partial charge in [-0.05, 0) is 25.0 Å². The molecule has 0 aliphatic rings. The molecule has 0 unspecified atom stereocenters. The molecule has 0 saturated heterocycles. The van der Waals surface area contributed by atoms with Crippen molar-refractivity contribution in [3.8, 4) is 11.8 Å². The van der Waals surface area contributed by atoms with Gasteiger partial charge in [0.15, 0.2) is 5.78 Å². The van der Waals surface area contributed by atoms with Gasteiger partial charge in [-0.15, -0.1) is 0 Å². The molecular weight excluding hydrogens is 264 g/mol. The summed E-state index contributed by atoms with van der Waals surface area (Å²) in [4.78, 5) is 14.5. The molecule has 1 rings (SSSR count). The maximum atomic E-state index is 12.5. The zero-order valence-electron chi connectivity index (χ0n) is 13.1. The Bertz CT molecular complexity index is 492. The van der Waals surface area contributed by atoms with E-state index in [1.165, 1.54) is 0 Å². The number of benzene rings is 1. The van der Waals surface area contributed by atoms with E-state index in [2.05, 4.69) is 19.9 Å². The number of Topliss-reactive ketones (excluding diaryl/α,β-unsaturated/α-hetero) is 1. The summed E-state index contributed by atoms with van der Waals surface area (Å²) in [7, 11) is 0. The molecule has 0 heterocycles. The van der Waals surface area contributed by atoms with Gasteiger partial charge in [-0.25, -0.2) is 0 Å². The van der Waals surface area contributed by atoms with Crippen LogP contribution in [0.4, 0.5) is 0 Å². The first-order valence-corrected chi connectivity index (χ1v) is 7.42. The van der Waals surface area contributed by atoms with Gasteiger partial charge in [-0.3, -0.25) is 9.69 Å². The molecule has 4 nitrogen and oxygen atoms in total. The minimum absolute atomic E-state index is 0.0395. The molecule has 1 aromatic rings. The first-order valence-electron chi connectivity index (χ1n) is 7.42. The molecule has 0 atom stereocenters. The fourth-order valence-corrected chi connectivity index (χ4v) is 2.23.